The number of allylic oxidation sites excluding steroid dienone is 6. The van der Waals surface area contributed by atoms with Crippen LogP contribution < -0.4 is 0 Å². The van der Waals surface area contributed by atoms with Gasteiger partial charge in [-0.25, -0.2) is 0 Å². The number of ether oxygens (including phenoxy) is 4. The highest BCUT2D eigenvalue weighted by Gasteiger charge is 2.44. The zero-order valence-electron chi connectivity index (χ0n) is 35.4. The van der Waals surface area contributed by atoms with Crippen molar-refractivity contribution in [3.8, 4) is 0 Å². The Morgan fingerprint density at radius 1 is 0.554 bits per heavy atom. The van der Waals surface area contributed by atoms with Crippen LogP contribution in [0.3, 0.4) is 0 Å². The Morgan fingerprint density at radius 3 is 1.55 bits per heavy atom. The van der Waals surface area contributed by atoms with E-state index in [4.69, 9.17) is 18.9 Å². The van der Waals surface area contributed by atoms with E-state index in [1.807, 2.05) is 0 Å². The van der Waals surface area contributed by atoms with Gasteiger partial charge in [-0.3, -0.25) is 9.59 Å². The van der Waals surface area contributed by atoms with E-state index in [-0.39, 0.29) is 32.0 Å². The van der Waals surface area contributed by atoms with E-state index in [1.165, 1.54) is 83.5 Å². The number of aliphatic hydroxyl groups excluding tert-OH is 4. The Labute approximate surface area is 340 Å². The van der Waals surface area contributed by atoms with E-state index >= 15 is 0 Å². The van der Waals surface area contributed by atoms with Gasteiger partial charge in [-0.15, -0.1) is 0 Å². The summed E-state index contributed by atoms with van der Waals surface area (Å²) in [5.41, 5.74) is 0. The lowest BCUT2D eigenvalue weighted by Gasteiger charge is -2.39. The molecule has 0 aromatic rings. The zero-order valence-corrected chi connectivity index (χ0v) is 35.4. The van der Waals surface area contributed by atoms with Crippen LogP contribution in [-0.4, -0.2) is 89.0 Å². The second kappa shape index (κ2) is 37.2. The fourth-order valence-electron chi connectivity index (χ4n) is 6.61. The van der Waals surface area contributed by atoms with E-state index in [0.29, 0.717) is 6.42 Å². The third-order valence-electron chi connectivity index (χ3n) is 10.2. The first-order chi connectivity index (χ1) is 27.3. The predicted molar refractivity (Wildman–Crippen MR) is 224 cm³/mol. The molecule has 1 aliphatic rings. The van der Waals surface area contributed by atoms with Crippen LogP contribution in [0, 0.1) is 0 Å². The minimum absolute atomic E-state index is 0.214. The largest absolute Gasteiger partial charge is 0.462 e. The number of carbonyl (C=O) groups excluding carboxylic acids is 2. The van der Waals surface area contributed by atoms with Gasteiger partial charge in [-0.2, -0.15) is 0 Å². The molecular formula is C46H82O10. The minimum Gasteiger partial charge on any atom is -0.462 e. The van der Waals surface area contributed by atoms with Crippen molar-refractivity contribution < 1.29 is 49.0 Å². The van der Waals surface area contributed by atoms with Crippen molar-refractivity contribution >= 4 is 11.9 Å². The topological polar surface area (TPSA) is 152 Å². The van der Waals surface area contributed by atoms with E-state index < -0.39 is 49.4 Å². The van der Waals surface area contributed by atoms with Crippen LogP contribution in [0.2, 0.25) is 0 Å². The standard InChI is InChI=1S/C46H82O10/c1-3-5-7-9-11-13-15-17-19-20-21-23-24-26-28-30-32-34-41(48)53-37-39(38-54-46-45(52)44(51)43(50)40(36-47)56-46)55-42(49)35-33-31-29-27-25-22-18-16-14-12-10-8-6-4-2/h10,12-13,15-16,18,39-40,43-47,50-52H,3-9,11,14,17,19-38H2,1-2H3/b12-10+,15-13+,18-16+/t39-,40-,43+,44?,45?,46-/m0/s1. The zero-order chi connectivity index (χ0) is 40.9. The molecule has 0 radical (unpaired) electrons. The second-order valence-electron chi connectivity index (χ2n) is 15.5. The highest BCUT2D eigenvalue weighted by Crippen LogP contribution is 2.22. The van der Waals surface area contributed by atoms with Gasteiger partial charge in [0, 0.05) is 12.8 Å². The maximum Gasteiger partial charge on any atom is 0.306 e. The summed E-state index contributed by atoms with van der Waals surface area (Å²) in [5.74, 6) is -0.824. The second-order valence-corrected chi connectivity index (χ2v) is 15.5. The summed E-state index contributed by atoms with van der Waals surface area (Å²) in [6.07, 6.45) is 34.3. The summed E-state index contributed by atoms with van der Waals surface area (Å²) in [7, 11) is 0. The average molecular weight is 795 g/mol. The fourth-order valence-corrected chi connectivity index (χ4v) is 6.61. The van der Waals surface area contributed by atoms with Gasteiger partial charge in [0.15, 0.2) is 12.4 Å². The first-order valence-electron chi connectivity index (χ1n) is 22.6. The van der Waals surface area contributed by atoms with Crippen molar-refractivity contribution in [2.45, 2.75) is 224 Å². The molecule has 0 aromatic heterocycles. The third-order valence-corrected chi connectivity index (χ3v) is 10.2. The molecule has 0 bridgehead atoms. The molecular weight excluding hydrogens is 712 g/mol. The van der Waals surface area contributed by atoms with E-state index in [2.05, 4.69) is 50.3 Å². The third kappa shape index (κ3) is 28.3. The van der Waals surface area contributed by atoms with Gasteiger partial charge in [0.05, 0.1) is 13.2 Å². The molecule has 0 spiro atoms. The summed E-state index contributed by atoms with van der Waals surface area (Å²) in [6, 6.07) is 0. The number of aliphatic hydroxyl groups is 4. The number of carbonyl (C=O) groups is 2. The lowest BCUT2D eigenvalue weighted by molar-refractivity contribution is -0.305. The molecule has 0 aromatic carbocycles. The molecule has 6 atom stereocenters. The van der Waals surface area contributed by atoms with Crippen LogP contribution in [0.5, 0.6) is 0 Å². The average Bonchev–Trinajstić information content (AvgIpc) is 3.19. The molecule has 4 N–H and O–H groups in total. The molecule has 56 heavy (non-hydrogen) atoms. The predicted octanol–water partition coefficient (Wildman–Crippen LogP) is 9.50. The summed E-state index contributed by atoms with van der Waals surface area (Å²) < 4.78 is 22.1. The van der Waals surface area contributed by atoms with Crippen LogP contribution in [0.1, 0.15) is 187 Å². The van der Waals surface area contributed by atoms with Crippen molar-refractivity contribution in [2.75, 3.05) is 19.8 Å². The van der Waals surface area contributed by atoms with Crippen LogP contribution in [0.15, 0.2) is 36.5 Å². The van der Waals surface area contributed by atoms with Gasteiger partial charge in [0.25, 0.3) is 0 Å². The molecule has 10 heteroatoms. The molecule has 1 aliphatic heterocycles. The monoisotopic (exact) mass is 795 g/mol. The maximum atomic E-state index is 12.7. The highest BCUT2D eigenvalue weighted by atomic mass is 16.7. The quantitative estimate of drug-likeness (QED) is 0.0272. The van der Waals surface area contributed by atoms with E-state index in [0.717, 1.165) is 70.6 Å². The van der Waals surface area contributed by atoms with Gasteiger partial charge in [0.1, 0.15) is 31.0 Å². The number of esters is 2. The smallest absolute Gasteiger partial charge is 0.306 e. The highest BCUT2D eigenvalue weighted by molar-refractivity contribution is 5.70. The summed E-state index contributed by atoms with van der Waals surface area (Å²) in [4.78, 5) is 25.3. The van der Waals surface area contributed by atoms with Gasteiger partial charge in [-0.05, 0) is 64.2 Å². The lowest BCUT2D eigenvalue weighted by atomic mass is 9.99. The molecule has 1 rings (SSSR count). The molecule has 1 fully saturated rings. The molecule has 0 amide bonds. The van der Waals surface area contributed by atoms with Crippen molar-refractivity contribution in [2.24, 2.45) is 0 Å². The molecule has 10 nitrogen and oxygen atoms in total. The Balaban J connectivity index is 2.33. The normalized spacial score (nSPS) is 20.7. The maximum absolute atomic E-state index is 12.7. The van der Waals surface area contributed by atoms with E-state index in [1.54, 1.807) is 0 Å². The Hall–Kier alpha value is -2.08. The lowest BCUT2D eigenvalue weighted by Crippen LogP contribution is -2.59. The molecule has 0 saturated carbocycles. The number of hydrogen-bond acceptors (Lipinski definition) is 10. The van der Waals surface area contributed by atoms with Gasteiger partial charge < -0.3 is 39.4 Å². The van der Waals surface area contributed by atoms with E-state index in [9.17, 15) is 30.0 Å². The van der Waals surface area contributed by atoms with Crippen molar-refractivity contribution in [3.63, 3.8) is 0 Å². The Morgan fingerprint density at radius 2 is 1.02 bits per heavy atom. The Kier molecular flexibility index (Phi) is 34.5. The molecule has 2 unspecified atom stereocenters. The summed E-state index contributed by atoms with van der Waals surface area (Å²) in [5, 5.41) is 40.1. The van der Waals surface area contributed by atoms with Crippen LogP contribution in [0.25, 0.3) is 0 Å². The fraction of sp³-hybridized carbons (Fsp3) is 0.826. The van der Waals surface area contributed by atoms with Crippen molar-refractivity contribution in [3.05, 3.63) is 36.5 Å². The molecule has 1 saturated heterocycles. The first-order valence-corrected chi connectivity index (χ1v) is 22.6. The van der Waals surface area contributed by atoms with Crippen LogP contribution in [-0.2, 0) is 28.5 Å². The van der Waals surface area contributed by atoms with Crippen LogP contribution in [0.4, 0.5) is 0 Å². The minimum atomic E-state index is -1.60. The molecule has 326 valence electrons. The Bertz CT molecular complexity index is 1010. The summed E-state index contributed by atoms with van der Waals surface area (Å²) in [6.45, 7) is 3.35. The van der Waals surface area contributed by atoms with Crippen molar-refractivity contribution in [1.82, 2.24) is 0 Å². The molecule has 0 aliphatic carbocycles. The van der Waals surface area contributed by atoms with Crippen LogP contribution >= 0.6 is 0 Å². The first kappa shape index (κ1) is 51.9. The number of rotatable bonds is 37. The van der Waals surface area contributed by atoms with Gasteiger partial charge >= 0.3 is 11.9 Å². The van der Waals surface area contributed by atoms with Crippen molar-refractivity contribution in [1.29, 1.82) is 0 Å². The van der Waals surface area contributed by atoms with Gasteiger partial charge in [-0.1, -0.05) is 147 Å². The summed E-state index contributed by atoms with van der Waals surface area (Å²) >= 11 is 0. The molecule has 1 heterocycles. The number of unbranched alkanes of at least 4 members (excludes halogenated alkanes) is 20. The van der Waals surface area contributed by atoms with Gasteiger partial charge in [0.2, 0.25) is 0 Å². The SMILES string of the molecule is CCCC/C=C/C/C=C/CCCCCCCC(=O)O[C@@H](COC(=O)CCCCCCCCCCC/C=C/CCCCCC)CO[C@H]1O[C@@H](CO)[C@@H](O)C(O)C1O. The number of hydrogen-bond donors (Lipinski definition) is 4.